The zero-order valence-electron chi connectivity index (χ0n) is 9.49. The van der Waals surface area contributed by atoms with E-state index in [-0.39, 0.29) is 6.04 Å². The quantitative estimate of drug-likeness (QED) is 0.408. The Kier molecular flexibility index (Phi) is 3.34. The van der Waals surface area contributed by atoms with Gasteiger partial charge in [-0.1, -0.05) is 13.8 Å². The smallest absolute Gasteiger partial charge is 0.339 e. The summed E-state index contributed by atoms with van der Waals surface area (Å²) in [5, 5.41) is 2.87. The van der Waals surface area contributed by atoms with Crippen LogP contribution < -0.4 is 5.32 Å². The van der Waals surface area contributed by atoms with E-state index >= 15 is 0 Å². The molecule has 0 radical (unpaired) electrons. The maximum atomic E-state index is 11.5. The Morgan fingerprint density at radius 1 is 1.27 bits per heavy atom. The average Bonchev–Trinajstić information content (AvgIpc) is 2.90. The lowest BCUT2D eigenvalue weighted by Crippen LogP contribution is -2.40. The molecule has 1 unspecified atom stereocenters. The van der Waals surface area contributed by atoms with Gasteiger partial charge < -0.3 is 9.47 Å². The summed E-state index contributed by atoms with van der Waals surface area (Å²) in [6, 6.07) is -0.169. The summed E-state index contributed by atoms with van der Waals surface area (Å²) in [7, 11) is 2.53. The van der Waals surface area contributed by atoms with Gasteiger partial charge in [-0.15, -0.1) is 0 Å². The van der Waals surface area contributed by atoms with Crippen molar-refractivity contribution in [1.82, 2.24) is 5.32 Å². The van der Waals surface area contributed by atoms with Crippen molar-refractivity contribution in [2.45, 2.75) is 31.8 Å². The van der Waals surface area contributed by atoms with E-state index < -0.39 is 17.5 Å². The molecular formula is C10H17NO4. The third kappa shape index (κ3) is 1.97. The number of hydrogen-bond donors (Lipinski definition) is 1. The molecule has 0 spiro atoms. The van der Waals surface area contributed by atoms with E-state index in [0.717, 1.165) is 6.42 Å². The molecule has 86 valence electrons. The Bertz CT molecular complexity index is 259. The van der Waals surface area contributed by atoms with Gasteiger partial charge in [0.2, 0.25) is 5.54 Å². The Labute approximate surface area is 89.1 Å². The zero-order chi connectivity index (χ0) is 11.6. The monoisotopic (exact) mass is 215 g/mol. The van der Waals surface area contributed by atoms with Gasteiger partial charge in [0, 0.05) is 6.04 Å². The minimum atomic E-state index is -1.26. The molecule has 0 aromatic heterocycles. The van der Waals surface area contributed by atoms with Crippen molar-refractivity contribution in [2.75, 3.05) is 14.2 Å². The summed E-state index contributed by atoms with van der Waals surface area (Å²) in [6.45, 7) is 4.05. The van der Waals surface area contributed by atoms with Gasteiger partial charge in [0.25, 0.3) is 0 Å². The molecule has 15 heavy (non-hydrogen) atoms. The molecular weight excluding hydrogens is 198 g/mol. The lowest BCUT2D eigenvalue weighted by molar-refractivity contribution is -0.156. The van der Waals surface area contributed by atoms with Gasteiger partial charge in [-0.05, 0) is 12.3 Å². The largest absolute Gasteiger partial charge is 0.467 e. The molecule has 0 bridgehead atoms. The normalized spacial score (nSPS) is 22.3. The van der Waals surface area contributed by atoms with Crippen LogP contribution in [0.4, 0.5) is 0 Å². The highest BCUT2D eigenvalue weighted by Gasteiger charge is 2.67. The number of carbonyl (C=O) groups is 2. The topological polar surface area (TPSA) is 74.5 Å². The highest BCUT2D eigenvalue weighted by molar-refractivity contribution is 6.09. The number of methoxy groups -OCH3 is 2. The highest BCUT2D eigenvalue weighted by atomic mass is 16.5. The van der Waals surface area contributed by atoms with E-state index in [1.165, 1.54) is 14.2 Å². The number of ether oxygens (including phenoxy) is 2. The standard InChI is InChI=1S/C10H17NO4/c1-6(2)5-7-10(11-7,8(12)14-3)9(13)15-4/h6-7,11H,5H2,1-4H3. The van der Waals surface area contributed by atoms with Crippen LogP contribution in [0.2, 0.25) is 0 Å². The molecule has 1 fully saturated rings. The van der Waals surface area contributed by atoms with E-state index in [4.69, 9.17) is 0 Å². The molecule has 1 rings (SSSR count). The Hall–Kier alpha value is -1.10. The Morgan fingerprint density at radius 3 is 2.07 bits per heavy atom. The van der Waals surface area contributed by atoms with Crippen LogP contribution in [0, 0.1) is 5.92 Å². The Morgan fingerprint density at radius 2 is 1.73 bits per heavy atom. The van der Waals surface area contributed by atoms with Gasteiger partial charge in [-0.3, -0.25) is 5.32 Å². The lowest BCUT2D eigenvalue weighted by atomic mass is 9.98. The third-order valence-corrected chi connectivity index (χ3v) is 2.56. The van der Waals surface area contributed by atoms with Crippen LogP contribution >= 0.6 is 0 Å². The van der Waals surface area contributed by atoms with Crippen LogP contribution in [0.15, 0.2) is 0 Å². The fourth-order valence-corrected chi connectivity index (χ4v) is 1.75. The minimum Gasteiger partial charge on any atom is -0.467 e. The number of rotatable bonds is 4. The number of nitrogens with one attached hydrogen (secondary N) is 1. The van der Waals surface area contributed by atoms with E-state index in [0.29, 0.717) is 5.92 Å². The fraction of sp³-hybridized carbons (Fsp3) is 0.800. The van der Waals surface area contributed by atoms with Crippen molar-refractivity contribution in [3.63, 3.8) is 0 Å². The summed E-state index contributed by atoms with van der Waals surface area (Å²) >= 11 is 0. The molecule has 1 N–H and O–H groups in total. The van der Waals surface area contributed by atoms with Crippen LogP contribution in [0.25, 0.3) is 0 Å². The second kappa shape index (κ2) is 4.18. The number of esters is 2. The summed E-state index contributed by atoms with van der Waals surface area (Å²) in [5.74, 6) is -0.737. The molecule has 0 saturated carbocycles. The van der Waals surface area contributed by atoms with Crippen molar-refractivity contribution < 1.29 is 19.1 Å². The van der Waals surface area contributed by atoms with Crippen molar-refractivity contribution in [2.24, 2.45) is 5.92 Å². The van der Waals surface area contributed by atoms with Crippen LogP contribution in [0.1, 0.15) is 20.3 Å². The van der Waals surface area contributed by atoms with Crippen LogP contribution in [-0.4, -0.2) is 37.7 Å². The van der Waals surface area contributed by atoms with Gasteiger partial charge in [0.15, 0.2) is 0 Å². The average molecular weight is 215 g/mol. The fourth-order valence-electron chi connectivity index (χ4n) is 1.75. The van der Waals surface area contributed by atoms with Crippen molar-refractivity contribution in [1.29, 1.82) is 0 Å². The van der Waals surface area contributed by atoms with Crippen molar-refractivity contribution >= 4 is 11.9 Å². The summed E-state index contributed by atoms with van der Waals surface area (Å²) in [4.78, 5) is 23.0. The lowest BCUT2D eigenvalue weighted by Gasteiger charge is -2.10. The zero-order valence-corrected chi connectivity index (χ0v) is 9.49. The molecule has 5 heteroatoms. The van der Waals surface area contributed by atoms with Crippen molar-refractivity contribution in [3.8, 4) is 0 Å². The molecule has 0 aromatic rings. The van der Waals surface area contributed by atoms with Crippen LogP contribution in [0.3, 0.4) is 0 Å². The minimum absolute atomic E-state index is 0.169. The number of carbonyl (C=O) groups excluding carboxylic acids is 2. The second-order valence-electron chi connectivity index (χ2n) is 4.12. The van der Waals surface area contributed by atoms with E-state index in [1.54, 1.807) is 0 Å². The molecule has 0 amide bonds. The summed E-state index contributed by atoms with van der Waals surface area (Å²) in [6.07, 6.45) is 0.740. The van der Waals surface area contributed by atoms with E-state index in [9.17, 15) is 9.59 Å². The maximum absolute atomic E-state index is 11.5. The highest BCUT2D eigenvalue weighted by Crippen LogP contribution is 2.34. The molecule has 1 aliphatic rings. The third-order valence-electron chi connectivity index (χ3n) is 2.56. The van der Waals surface area contributed by atoms with Crippen molar-refractivity contribution in [3.05, 3.63) is 0 Å². The predicted octanol–water partition coefficient (Wildman–Crippen LogP) is 0.0891. The predicted molar refractivity (Wildman–Crippen MR) is 53.1 cm³/mol. The molecule has 5 nitrogen and oxygen atoms in total. The molecule has 1 aliphatic heterocycles. The van der Waals surface area contributed by atoms with Gasteiger partial charge in [-0.25, -0.2) is 9.59 Å². The molecule has 0 aliphatic carbocycles. The summed E-state index contributed by atoms with van der Waals surface area (Å²) < 4.78 is 9.22. The Balaban J connectivity index is 2.76. The van der Waals surface area contributed by atoms with Crippen LogP contribution in [-0.2, 0) is 19.1 Å². The van der Waals surface area contributed by atoms with Gasteiger partial charge in [0.1, 0.15) is 0 Å². The first kappa shape index (κ1) is 12.0. The first-order valence-electron chi connectivity index (χ1n) is 4.93. The van der Waals surface area contributed by atoms with Crippen LogP contribution in [0.5, 0.6) is 0 Å². The molecule has 1 atom stereocenters. The maximum Gasteiger partial charge on any atom is 0.339 e. The number of hydrogen-bond acceptors (Lipinski definition) is 5. The molecule has 1 heterocycles. The molecule has 1 saturated heterocycles. The van der Waals surface area contributed by atoms with E-state index in [2.05, 4.69) is 14.8 Å². The summed E-state index contributed by atoms with van der Waals surface area (Å²) in [5.41, 5.74) is -1.26. The van der Waals surface area contributed by atoms with Gasteiger partial charge in [0.05, 0.1) is 14.2 Å². The molecule has 0 aromatic carbocycles. The first-order chi connectivity index (χ1) is 6.98. The van der Waals surface area contributed by atoms with Gasteiger partial charge in [-0.2, -0.15) is 0 Å². The SMILES string of the molecule is COC(=O)C1(C(=O)OC)NC1CC(C)C. The van der Waals surface area contributed by atoms with Gasteiger partial charge >= 0.3 is 11.9 Å². The van der Waals surface area contributed by atoms with E-state index in [1.807, 2.05) is 13.8 Å². The second-order valence-corrected chi connectivity index (χ2v) is 4.12. The first-order valence-corrected chi connectivity index (χ1v) is 4.93.